The molecule has 1 aromatic carbocycles. The number of benzene rings is 1. The van der Waals surface area contributed by atoms with Gasteiger partial charge < -0.3 is 0 Å². The van der Waals surface area contributed by atoms with Gasteiger partial charge in [-0.25, -0.2) is 0 Å². The third kappa shape index (κ3) is 7.88. The van der Waals surface area contributed by atoms with Gasteiger partial charge in [0.2, 0.25) is 0 Å². The minimum atomic E-state index is 0.318. The summed E-state index contributed by atoms with van der Waals surface area (Å²) in [6.07, 6.45) is 7.65. The van der Waals surface area contributed by atoms with E-state index in [1.807, 2.05) is 37.3 Å². The number of carbonyl (C=O) groups excluding carboxylic acids is 2. The SMILES string of the molecule is CCCC(=O)CCCCCCC(=O)Cc1ccccc1. The Balaban J connectivity index is 2.01. The van der Waals surface area contributed by atoms with E-state index in [1.54, 1.807) is 0 Å². The van der Waals surface area contributed by atoms with Crippen LogP contribution in [0.5, 0.6) is 0 Å². The smallest absolute Gasteiger partial charge is 0.137 e. The van der Waals surface area contributed by atoms with Gasteiger partial charge in [0.05, 0.1) is 0 Å². The van der Waals surface area contributed by atoms with Gasteiger partial charge >= 0.3 is 0 Å². The van der Waals surface area contributed by atoms with E-state index < -0.39 is 0 Å². The highest BCUT2D eigenvalue weighted by Gasteiger charge is 2.04. The van der Waals surface area contributed by atoms with E-state index in [-0.39, 0.29) is 0 Å². The van der Waals surface area contributed by atoms with Crippen LogP contribution in [0, 0.1) is 0 Å². The van der Waals surface area contributed by atoms with Crippen LogP contribution in [0.25, 0.3) is 0 Å². The summed E-state index contributed by atoms with van der Waals surface area (Å²) in [7, 11) is 0. The molecule has 1 rings (SSSR count). The predicted molar refractivity (Wildman–Crippen MR) is 82.8 cm³/mol. The van der Waals surface area contributed by atoms with Crippen molar-refractivity contribution in [3.63, 3.8) is 0 Å². The molecular weight excluding hydrogens is 248 g/mol. The Labute approximate surface area is 122 Å². The lowest BCUT2D eigenvalue weighted by molar-refractivity contribution is -0.120. The Morgan fingerprint density at radius 3 is 2.00 bits per heavy atom. The van der Waals surface area contributed by atoms with Crippen molar-refractivity contribution in [1.29, 1.82) is 0 Å². The first-order chi connectivity index (χ1) is 9.72. The zero-order valence-electron chi connectivity index (χ0n) is 12.6. The lowest BCUT2D eigenvalue weighted by atomic mass is 10.0. The highest BCUT2D eigenvalue weighted by atomic mass is 16.1. The molecule has 0 saturated heterocycles. The lowest BCUT2D eigenvalue weighted by Crippen LogP contribution is -2.02. The number of Topliss-reactive ketones (excluding diaryl/α,β-unsaturated/α-hetero) is 2. The minimum Gasteiger partial charge on any atom is -0.300 e. The van der Waals surface area contributed by atoms with E-state index in [0.717, 1.165) is 44.1 Å². The number of carbonyl (C=O) groups is 2. The molecule has 0 radical (unpaired) electrons. The molecule has 0 aromatic heterocycles. The molecular formula is C18H26O2. The molecule has 0 N–H and O–H groups in total. The fourth-order valence-electron chi connectivity index (χ4n) is 2.31. The second-order valence-corrected chi connectivity index (χ2v) is 5.40. The average Bonchev–Trinajstić information content (AvgIpc) is 2.44. The fraction of sp³-hybridized carbons (Fsp3) is 0.556. The Hall–Kier alpha value is -1.44. The third-order valence-electron chi connectivity index (χ3n) is 3.43. The maximum Gasteiger partial charge on any atom is 0.137 e. The van der Waals surface area contributed by atoms with Gasteiger partial charge in [-0.05, 0) is 24.8 Å². The second kappa shape index (κ2) is 10.4. The Kier molecular flexibility index (Phi) is 8.61. The molecule has 0 aliphatic heterocycles. The first-order valence-electron chi connectivity index (χ1n) is 7.79. The molecule has 2 heteroatoms. The molecule has 0 heterocycles. The average molecular weight is 274 g/mol. The number of unbranched alkanes of at least 4 members (excludes halogenated alkanes) is 3. The molecule has 0 amide bonds. The summed E-state index contributed by atoms with van der Waals surface area (Å²) in [5.74, 6) is 0.700. The Morgan fingerprint density at radius 1 is 0.800 bits per heavy atom. The van der Waals surface area contributed by atoms with Crippen LogP contribution in [0.4, 0.5) is 0 Å². The molecule has 0 spiro atoms. The van der Waals surface area contributed by atoms with Crippen molar-refractivity contribution in [2.45, 2.75) is 64.7 Å². The fourth-order valence-corrected chi connectivity index (χ4v) is 2.31. The molecule has 0 aliphatic carbocycles. The minimum absolute atomic E-state index is 0.318. The van der Waals surface area contributed by atoms with Gasteiger partial charge in [-0.3, -0.25) is 9.59 Å². The van der Waals surface area contributed by atoms with Gasteiger partial charge in [-0.1, -0.05) is 50.1 Å². The molecule has 0 atom stereocenters. The lowest BCUT2D eigenvalue weighted by Gasteiger charge is -2.02. The molecule has 110 valence electrons. The number of hydrogen-bond acceptors (Lipinski definition) is 2. The van der Waals surface area contributed by atoms with Gasteiger partial charge in [0.25, 0.3) is 0 Å². The summed E-state index contributed by atoms with van der Waals surface area (Å²) in [4.78, 5) is 23.1. The summed E-state index contributed by atoms with van der Waals surface area (Å²) in [6.45, 7) is 2.04. The first-order valence-corrected chi connectivity index (χ1v) is 7.79. The number of hydrogen-bond donors (Lipinski definition) is 0. The summed E-state index contributed by atoms with van der Waals surface area (Å²) in [5.41, 5.74) is 1.10. The van der Waals surface area contributed by atoms with Crippen molar-refractivity contribution in [1.82, 2.24) is 0 Å². The topological polar surface area (TPSA) is 34.1 Å². The molecule has 0 fully saturated rings. The van der Waals surface area contributed by atoms with Crippen LogP contribution < -0.4 is 0 Å². The number of ketones is 2. The Morgan fingerprint density at radius 2 is 1.40 bits per heavy atom. The van der Waals surface area contributed by atoms with Crippen LogP contribution in [0.3, 0.4) is 0 Å². The van der Waals surface area contributed by atoms with Crippen molar-refractivity contribution >= 4 is 11.6 Å². The van der Waals surface area contributed by atoms with E-state index in [2.05, 4.69) is 0 Å². The quantitative estimate of drug-likeness (QED) is 0.556. The Bertz CT molecular complexity index is 395. The summed E-state index contributed by atoms with van der Waals surface area (Å²) in [5, 5.41) is 0. The van der Waals surface area contributed by atoms with Crippen LogP contribution >= 0.6 is 0 Å². The van der Waals surface area contributed by atoms with Crippen molar-refractivity contribution < 1.29 is 9.59 Å². The standard InChI is InChI=1S/C18H26O2/c1-2-10-17(19)13-8-3-4-9-14-18(20)15-16-11-6-5-7-12-16/h5-7,11-12H,2-4,8-10,13-15H2,1H3. The van der Waals surface area contributed by atoms with Gasteiger partial charge in [-0.2, -0.15) is 0 Å². The zero-order chi connectivity index (χ0) is 14.6. The van der Waals surface area contributed by atoms with E-state index in [4.69, 9.17) is 0 Å². The largest absolute Gasteiger partial charge is 0.300 e. The van der Waals surface area contributed by atoms with Gasteiger partial charge in [0.15, 0.2) is 0 Å². The van der Waals surface area contributed by atoms with Gasteiger partial charge in [0.1, 0.15) is 11.6 Å². The number of rotatable bonds is 11. The van der Waals surface area contributed by atoms with Gasteiger partial charge in [-0.15, -0.1) is 0 Å². The summed E-state index contributed by atoms with van der Waals surface area (Å²) >= 11 is 0. The van der Waals surface area contributed by atoms with Crippen LogP contribution in [0.1, 0.15) is 63.9 Å². The third-order valence-corrected chi connectivity index (χ3v) is 3.43. The predicted octanol–water partition coefficient (Wildman–Crippen LogP) is 4.51. The maximum atomic E-state index is 11.8. The van der Waals surface area contributed by atoms with Gasteiger partial charge in [0, 0.05) is 25.7 Å². The molecule has 1 aromatic rings. The first kappa shape index (κ1) is 16.6. The molecule has 0 unspecified atom stereocenters. The molecule has 20 heavy (non-hydrogen) atoms. The zero-order valence-corrected chi connectivity index (χ0v) is 12.6. The summed E-state index contributed by atoms with van der Waals surface area (Å²) < 4.78 is 0. The second-order valence-electron chi connectivity index (χ2n) is 5.40. The molecule has 0 bridgehead atoms. The summed E-state index contributed by atoms with van der Waals surface area (Å²) in [6, 6.07) is 9.90. The maximum absolute atomic E-state index is 11.8. The van der Waals surface area contributed by atoms with E-state index in [1.165, 1.54) is 0 Å². The molecule has 0 aliphatic rings. The van der Waals surface area contributed by atoms with E-state index in [9.17, 15) is 9.59 Å². The van der Waals surface area contributed by atoms with Crippen molar-refractivity contribution in [3.05, 3.63) is 35.9 Å². The van der Waals surface area contributed by atoms with Crippen LogP contribution in [-0.4, -0.2) is 11.6 Å². The molecule has 2 nitrogen and oxygen atoms in total. The van der Waals surface area contributed by atoms with Crippen LogP contribution in [0.2, 0.25) is 0 Å². The van der Waals surface area contributed by atoms with Crippen LogP contribution in [-0.2, 0) is 16.0 Å². The highest BCUT2D eigenvalue weighted by molar-refractivity contribution is 5.80. The van der Waals surface area contributed by atoms with E-state index >= 15 is 0 Å². The normalized spacial score (nSPS) is 10.4. The monoisotopic (exact) mass is 274 g/mol. The van der Waals surface area contributed by atoms with Crippen LogP contribution in [0.15, 0.2) is 30.3 Å². The van der Waals surface area contributed by atoms with E-state index in [0.29, 0.717) is 30.8 Å². The highest BCUT2D eigenvalue weighted by Crippen LogP contribution is 2.09. The molecule has 0 saturated carbocycles. The van der Waals surface area contributed by atoms with Crippen molar-refractivity contribution in [2.24, 2.45) is 0 Å². The van der Waals surface area contributed by atoms with Crippen molar-refractivity contribution in [2.75, 3.05) is 0 Å². The van der Waals surface area contributed by atoms with Crippen molar-refractivity contribution in [3.8, 4) is 0 Å².